The molecule has 108 valence electrons. The number of benzene rings is 1. The molecule has 1 aromatic carbocycles. The molecule has 1 heterocycles. The first kappa shape index (κ1) is 15.2. The van der Waals surface area contributed by atoms with Crippen molar-refractivity contribution in [2.24, 2.45) is 5.41 Å². The van der Waals surface area contributed by atoms with Crippen LogP contribution >= 0.6 is 15.9 Å². The van der Waals surface area contributed by atoms with Gasteiger partial charge >= 0.3 is 0 Å². The molecule has 0 saturated carbocycles. The van der Waals surface area contributed by atoms with Crippen LogP contribution in [-0.4, -0.2) is 25.0 Å². The zero-order valence-corrected chi connectivity index (χ0v) is 13.4. The Morgan fingerprint density at radius 1 is 1.40 bits per heavy atom. The highest BCUT2D eigenvalue weighted by Crippen LogP contribution is 2.46. The monoisotopic (exact) mass is 339 g/mol. The summed E-state index contributed by atoms with van der Waals surface area (Å²) in [6.07, 6.45) is 0.0503. The van der Waals surface area contributed by atoms with Crippen LogP contribution in [-0.2, 0) is 14.3 Å². The van der Waals surface area contributed by atoms with Gasteiger partial charge in [-0.1, -0.05) is 41.1 Å². The Labute approximate surface area is 127 Å². The molecule has 3 unspecified atom stereocenters. The van der Waals surface area contributed by atoms with E-state index in [1.807, 2.05) is 38.1 Å². The molecule has 1 saturated heterocycles. The van der Waals surface area contributed by atoms with Crippen LogP contribution in [0, 0.1) is 5.41 Å². The van der Waals surface area contributed by atoms with E-state index in [9.17, 15) is 9.59 Å². The lowest BCUT2D eigenvalue weighted by Gasteiger charge is -2.43. The van der Waals surface area contributed by atoms with Gasteiger partial charge in [-0.05, 0) is 18.6 Å². The second-order valence-corrected chi connectivity index (χ2v) is 6.28. The molecule has 0 aromatic heterocycles. The Hall–Kier alpha value is -1.20. The Bertz CT molecular complexity index is 546. The van der Waals surface area contributed by atoms with E-state index in [4.69, 9.17) is 4.74 Å². The lowest BCUT2D eigenvalue weighted by molar-refractivity contribution is -0.144. The van der Waals surface area contributed by atoms with E-state index in [0.29, 0.717) is 0 Å². The van der Waals surface area contributed by atoms with E-state index in [1.54, 1.807) is 7.11 Å². The van der Waals surface area contributed by atoms with Gasteiger partial charge in [0.05, 0.1) is 12.0 Å². The Morgan fingerprint density at radius 2 is 2.05 bits per heavy atom. The minimum Gasteiger partial charge on any atom is -0.381 e. The molecule has 1 fully saturated rings. The van der Waals surface area contributed by atoms with Gasteiger partial charge in [0.1, 0.15) is 0 Å². The summed E-state index contributed by atoms with van der Waals surface area (Å²) >= 11 is 3.49. The van der Waals surface area contributed by atoms with Crippen LogP contribution in [0.25, 0.3) is 0 Å². The first-order valence-corrected chi connectivity index (χ1v) is 7.30. The molecule has 3 atom stereocenters. The van der Waals surface area contributed by atoms with Gasteiger partial charge in [0.15, 0.2) is 0 Å². The summed E-state index contributed by atoms with van der Waals surface area (Å²) in [4.78, 5) is 24.2. The Kier molecular flexibility index (Phi) is 4.30. The van der Waals surface area contributed by atoms with Crippen molar-refractivity contribution in [1.82, 2.24) is 5.32 Å². The van der Waals surface area contributed by atoms with Crippen molar-refractivity contribution < 1.29 is 14.3 Å². The van der Waals surface area contributed by atoms with Crippen LogP contribution < -0.4 is 5.32 Å². The molecule has 2 amide bonds. The summed E-state index contributed by atoms with van der Waals surface area (Å²) in [5.74, 6) is -0.935. The van der Waals surface area contributed by atoms with Gasteiger partial charge in [-0.2, -0.15) is 0 Å². The van der Waals surface area contributed by atoms with Crippen molar-refractivity contribution in [3.05, 3.63) is 34.3 Å². The largest absolute Gasteiger partial charge is 0.381 e. The first-order valence-electron chi connectivity index (χ1n) is 6.51. The molecule has 1 N–H and O–H groups in total. The summed E-state index contributed by atoms with van der Waals surface area (Å²) in [6, 6.07) is 7.60. The van der Waals surface area contributed by atoms with Crippen molar-refractivity contribution in [3.63, 3.8) is 0 Å². The van der Waals surface area contributed by atoms with E-state index in [-0.39, 0.29) is 24.3 Å². The fourth-order valence-electron chi connectivity index (χ4n) is 2.85. The lowest BCUT2D eigenvalue weighted by Crippen LogP contribution is -2.54. The topological polar surface area (TPSA) is 55.4 Å². The number of halogens is 1. The highest BCUT2D eigenvalue weighted by atomic mass is 79.9. The molecule has 1 aromatic rings. The minimum absolute atomic E-state index is 0.213. The molecule has 2 rings (SSSR count). The second kappa shape index (κ2) is 5.66. The van der Waals surface area contributed by atoms with Gasteiger partial charge in [-0.15, -0.1) is 0 Å². The summed E-state index contributed by atoms with van der Waals surface area (Å²) in [7, 11) is 1.60. The standard InChI is InChI=1S/C15H18BrNO3/c1-9(20-3)15(2)8-12(18)17-14(19)13(15)10-6-4-5-7-11(10)16/h4-7,9,13H,8H2,1-3H3,(H,17,18,19). The predicted molar refractivity (Wildman–Crippen MR) is 79.2 cm³/mol. The number of carbonyl (C=O) groups is 2. The van der Waals surface area contributed by atoms with E-state index in [0.717, 1.165) is 10.0 Å². The molecule has 1 aliphatic rings. The highest BCUT2D eigenvalue weighted by molar-refractivity contribution is 9.10. The van der Waals surface area contributed by atoms with Gasteiger partial charge in [0.25, 0.3) is 0 Å². The maximum atomic E-state index is 12.4. The number of methoxy groups -OCH3 is 1. The molecule has 0 spiro atoms. The zero-order valence-electron chi connectivity index (χ0n) is 11.8. The van der Waals surface area contributed by atoms with Gasteiger partial charge in [0.2, 0.25) is 11.8 Å². The van der Waals surface area contributed by atoms with Crippen molar-refractivity contribution in [2.45, 2.75) is 32.3 Å². The number of hydrogen-bond acceptors (Lipinski definition) is 3. The lowest BCUT2D eigenvalue weighted by atomic mass is 9.65. The highest BCUT2D eigenvalue weighted by Gasteiger charge is 2.50. The molecule has 1 aliphatic heterocycles. The third kappa shape index (κ3) is 2.52. The number of hydrogen-bond donors (Lipinski definition) is 1. The van der Waals surface area contributed by atoms with Crippen LogP contribution in [0.1, 0.15) is 31.7 Å². The molecular weight excluding hydrogens is 322 g/mol. The van der Waals surface area contributed by atoms with Gasteiger partial charge in [0, 0.05) is 23.4 Å². The molecule has 5 heteroatoms. The fourth-order valence-corrected chi connectivity index (χ4v) is 3.37. The van der Waals surface area contributed by atoms with Gasteiger partial charge < -0.3 is 4.74 Å². The number of nitrogens with one attached hydrogen (secondary N) is 1. The number of ether oxygens (including phenoxy) is 1. The third-order valence-corrected chi connectivity index (χ3v) is 4.95. The number of amides is 2. The van der Waals surface area contributed by atoms with Crippen LogP contribution in [0.4, 0.5) is 0 Å². The predicted octanol–water partition coefficient (Wildman–Crippen LogP) is 2.62. The second-order valence-electron chi connectivity index (χ2n) is 5.43. The quantitative estimate of drug-likeness (QED) is 0.861. The van der Waals surface area contributed by atoms with E-state index >= 15 is 0 Å². The summed E-state index contributed by atoms with van der Waals surface area (Å²) in [5.41, 5.74) is 0.307. The normalized spacial score (nSPS) is 28.1. The number of piperidine rings is 1. The number of carbonyl (C=O) groups excluding carboxylic acids is 2. The van der Waals surface area contributed by atoms with Crippen molar-refractivity contribution in [3.8, 4) is 0 Å². The van der Waals surface area contributed by atoms with E-state index in [1.165, 1.54) is 0 Å². The van der Waals surface area contributed by atoms with Gasteiger partial charge in [-0.25, -0.2) is 0 Å². The molecule has 20 heavy (non-hydrogen) atoms. The molecule has 0 aliphatic carbocycles. The smallest absolute Gasteiger partial charge is 0.234 e. The SMILES string of the molecule is COC(C)C1(C)CC(=O)NC(=O)C1c1ccccc1Br. The Balaban J connectivity index is 2.53. The van der Waals surface area contributed by atoms with E-state index < -0.39 is 11.3 Å². The summed E-state index contributed by atoms with van der Waals surface area (Å²) in [5, 5.41) is 2.43. The van der Waals surface area contributed by atoms with Crippen molar-refractivity contribution in [1.29, 1.82) is 0 Å². The van der Waals surface area contributed by atoms with Crippen LogP contribution in [0.2, 0.25) is 0 Å². The van der Waals surface area contributed by atoms with Crippen LogP contribution in [0.5, 0.6) is 0 Å². The molecular formula is C15H18BrNO3. The molecule has 4 nitrogen and oxygen atoms in total. The zero-order chi connectivity index (χ0) is 14.9. The number of rotatable bonds is 3. The average molecular weight is 340 g/mol. The van der Waals surface area contributed by atoms with Crippen LogP contribution in [0.15, 0.2) is 28.7 Å². The van der Waals surface area contributed by atoms with E-state index in [2.05, 4.69) is 21.2 Å². The summed E-state index contributed by atoms with van der Waals surface area (Å²) in [6.45, 7) is 3.83. The van der Waals surface area contributed by atoms with Crippen LogP contribution in [0.3, 0.4) is 0 Å². The molecule has 0 bridgehead atoms. The Morgan fingerprint density at radius 3 is 2.65 bits per heavy atom. The summed E-state index contributed by atoms with van der Waals surface area (Å²) < 4.78 is 6.30. The van der Waals surface area contributed by atoms with Crippen molar-refractivity contribution >= 4 is 27.7 Å². The van der Waals surface area contributed by atoms with Gasteiger partial charge in [-0.3, -0.25) is 14.9 Å². The fraction of sp³-hybridized carbons (Fsp3) is 0.467. The third-order valence-electron chi connectivity index (χ3n) is 4.22. The minimum atomic E-state index is -0.571. The maximum absolute atomic E-state index is 12.4. The average Bonchev–Trinajstić information content (AvgIpc) is 2.39. The first-order chi connectivity index (χ1) is 9.40. The molecule has 0 radical (unpaired) electrons. The number of imide groups is 1. The van der Waals surface area contributed by atoms with Crippen molar-refractivity contribution in [2.75, 3.05) is 7.11 Å². The maximum Gasteiger partial charge on any atom is 0.234 e.